The first-order valence-corrected chi connectivity index (χ1v) is 12.3. The van der Waals surface area contributed by atoms with Crippen molar-refractivity contribution in [2.24, 2.45) is 5.92 Å². The molecule has 0 spiro atoms. The summed E-state index contributed by atoms with van der Waals surface area (Å²) in [5, 5.41) is 4.78. The second-order valence-corrected chi connectivity index (χ2v) is 10.5. The number of H-pyrrole nitrogens is 1. The van der Waals surface area contributed by atoms with Gasteiger partial charge in [0.1, 0.15) is 5.82 Å². The number of aromatic amines is 1. The van der Waals surface area contributed by atoms with Crippen molar-refractivity contribution in [2.45, 2.75) is 64.8 Å². The standard InChI is InChI=1S/C28H36N4/c1-28(2,3)23-9-10-24-25(19-23)31-27(30-24)22-8-7-21-13-17-32(26(21)18-22)16-5-4-6-20-11-14-29-15-12-20/h7-10,13,17-20,29H,4-6,11-12,14-16H2,1-3H3,(H,30,31). The van der Waals surface area contributed by atoms with Gasteiger partial charge in [-0.05, 0) is 78.9 Å². The number of nitrogens with zero attached hydrogens (tertiary/aromatic N) is 2. The number of benzene rings is 2. The molecule has 1 aliphatic heterocycles. The Balaban J connectivity index is 1.33. The zero-order chi connectivity index (χ0) is 22.1. The highest BCUT2D eigenvalue weighted by Crippen LogP contribution is 2.29. The SMILES string of the molecule is CC(C)(C)c1ccc2[nH]c(-c3ccc4ccn(CCCCC5CCNCC5)c4c3)nc2c1. The van der Waals surface area contributed by atoms with Crippen LogP contribution in [0.25, 0.3) is 33.3 Å². The van der Waals surface area contributed by atoms with Crippen molar-refractivity contribution < 1.29 is 0 Å². The molecule has 0 atom stereocenters. The van der Waals surface area contributed by atoms with Crippen LogP contribution >= 0.6 is 0 Å². The van der Waals surface area contributed by atoms with Gasteiger partial charge in [-0.15, -0.1) is 0 Å². The summed E-state index contributed by atoms with van der Waals surface area (Å²) in [6.07, 6.45) is 8.89. The van der Waals surface area contributed by atoms with E-state index in [1.807, 2.05) is 0 Å². The smallest absolute Gasteiger partial charge is 0.138 e. The van der Waals surface area contributed by atoms with Crippen LogP contribution < -0.4 is 5.32 Å². The summed E-state index contributed by atoms with van der Waals surface area (Å²) in [4.78, 5) is 8.47. The third kappa shape index (κ3) is 4.47. The van der Waals surface area contributed by atoms with Gasteiger partial charge >= 0.3 is 0 Å². The minimum absolute atomic E-state index is 0.126. The number of aryl methyl sites for hydroxylation is 1. The predicted octanol–water partition coefficient (Wildman–Crippen LogP) is 6.65. The van der Waals surface area contributed by atoms with Gasteiger partial charge in [0.05, 0.1) is 11.0 Å². The molecule has 0 saturated carbocycles. The maximum absolute atomic E-state index is 4.94. The van der Waals surface area contributed by atoms with Crippen molar-refractivity contribution in [3.63, 3.8) is 0 Å². The number of piperidine rings is 1. The molecule has 5 rings (SSSR count). The molecule has 3 heterocycles. The summed E-state index contributed by atoms with van der Waals surface area (Å²) in [6, 6.07) is 15.5. The summed E-state index contributed by atoms with van der Waals surface area (Å²) in [7, 11) is 0. The third-order valence-electron chi connectivity index (χ3n) is 7.12. The molecule has 1 fully saturated rings. The van der Waals surface area contributed by atoms with Crippen molar-refractivity contribution in [2.75, 3.05) is 13.1 Å². The van der Waals surface area contributed by atoms with Crippen LogP contribution in [0.2, 0.25) is 0 Å². The highest BCUT2D eigenvalue weighted by molar-refractivity contribution is 5.86. The van der Waals surface area contributed by atoms with Gasteiger partial charge in [-0.1, -0.05) is 51.8 Å². The van der Waals surface area contributed by atoms with Crippen LogP contribution in [-0.4, -0.2) is 27.6 Å². The zero-order valence-electron chi connectivity index (χ0n) is 19.7. The van der Waals surface area contributed by atoms with Crippen LogP contribution in [0.1, 0.15) is 58.4 Å². The normalized spacial score (nSPS) is 15.7. The Labute approximate surface area is 191 Å². The molecule has 2 aromatic carbocycles. The van der Waals surface area contributed by atoms with E-state index < -0.39 is 0 Å². The molecule has 1 saturated heterocycles. The summed E-state index contributed by atoms with van der Waals surface area (Å²) in [5.74, 6) is 1.88. The molecule has 0 radical (unpaired) electrons. The number of aromatic nitrogens is 3. The topological polar surface area (TPSA) is 45.6 Å². The molecule has 4 nitrogen and oxygen atoms in total. The highest BCUT2D eigenvalue weighted by atomic mass is 15.0. The molecule has 0 bridgehead atoms. The molecule has 4 heteroatoms. The molecule has 32 heavy (non-hydrogen) atoms. The number of unbranched alkanes of at least 4 members (excludes halogenated alkanes) is 1. The monoisotopic (exact) mass is 428 g/mol. The Kier molecular flexibility index (Phi) is 5.81. The predicted molar refractivity (Wildman–Crippen MR) is 135 cm³/mol. The molecule has 4 aromatic rings. The van der Waals surface area contributed by atoms with Crippen LogP contribution in [0, 0.1) is 5.92 Å². The molecule has 168 valence electrons. The van der Waals surface area contributed by atoms with E-state index in [4.69, 9.17) is 4.98 Å². The lowest BCUT2D eigenvalue weighted by Gasteiger charge is -2.22. The number of fused-ring (bicyclic) bond motifs is 2. The van der Waals surface area contributed by atoms with Crippen molar-refractivity contribution >= 4 is 21.9 Å². The molecular formula is C28H36N4. The molecule has 0 unspecified atom stereocenters. The number of hydrogen-bond acceptors (Lipinski definition) is 2. The van der Waals surface area contributed by atoms with Crippen LogP contribution in [-0.2, 0) is 12.0 Å². The second-order valence-electron chi connectivity index (χ2n) is 10.5. The van der Waals surface area contributed by atoms with Gasteiger partial charge in [-0.3, -0.25) is 0 Å². The van der Waals surface area contributed by atoms with Gasteiger partial charge in [-0.2, -0.15) is 0 Å². The van der Waals surface area contributed by atoms with Gasteiger partial charge in [-0.25, -0.2) is 4.98 Å². The minimum atomic E-state index is 0.126. The summed E-state index contributed by atoms with van der Waals surface area (Å²) in [5.41, 5.74) is 6.04. The quantitative estimate of drug-likeness (QED) is 0.338. The Morgan fingerprint density at radius 2 is 1.84 bits per heavy atom. The Morgan fingerprint density at radius 1 is 1.00 bits per heavy atom. The van der Waals surface area contributed by atoms with Crippen molar-refractivity contribution in [3.05, 3.63) is 54.2 Å². The van der Waals surface area contributed by atoms with E-state index in [-0.39, 0.29) is 5.41 Å². The number of rotatable bonds is 6. The first kappa shape index (κ1) is 21.3. The van der Waals surface area contributed by atoms with Crippen LogP contribution in [0.4, 0.5) is 0 Å². The highest BCUT2D eigenvalue weighted by Gasteiger charge is 2.16. The molecule has 0 amide bonds. The number of hydrogen-bond donors (Lipinski definition) is 2. The van der Waals surface area contributed by atoms with Crippen LogP contribution in [0.5, 0.6) is 0 Å². The summed E-state index contributed by atoms with van der Waals surface area (Å²) in [6.45, 7) is 10.2. The van der Waals surface area contributed by atoms with Gasteiger partial charge in [0.25, 0.3) is 0 Å². The Bertz CT molecular complexity index is 1200. The van der Waals surface area contributed by atoms with Gasteiger partial charge in [0, 0.05) is 23.8 Å². The lowest BCUT2D eigenvalue weighted by atomic mass is 9.87. The van der Waals surface area contributed by atoms with Crippen LogP contribution in [0.3, 0.4) is 0 Å². The van der Waals surface area contributed by atoms with E-state index in [1.165, 1.54) is 61.7 Å². The van der Waals surface area contributed by atoms with Gasteiger partial charge < -0.3 is 14.9 Å². The van der Waals surface area contributed by atoms with Crippen molar-refractivity contribution in [3.8, 4) is 11.4 Å². The van der Waals surface area contributed by atoms with E-state index in [0.717, 1.165) is 34.9 Å². The lowest BCUT2D eigenvalue weighted by Crippen LogP contribution is -2.27. The second kappa shape index (κ2) is 8.74. The maximum atomic E-state index is 4.94. The Morgan fingerprint density at radius 3 is 2.66 bits per heavy atom. The van der Waals surface area contributed by atoms with Crippen molar-refractivity contribution in [1.29, 1.82) is 0 Å². The maximum Gasteiger partial charge on any atom is 0.138 e. The fraction of sp³-hybridized carbons (Fsp3) is 0.464. The molecule has 2 N–H and O–H groups in total. The molecule has 0 aliphatic carbocycles. The van der Waals surface area contributed by atoms with Gasteiger partial charge in [0.2, 0.25) is 0 Å². The Hall–Kier alpha value is -2.59. The minimum Gasteiger partial charge on any atom is -0.347 e. The van der Waals surface area contributed by atoms with Crippen LogP contribution in [0.15, 0.2) is 48.7 Å². The number of imidazole rings is 1. The van der Waals surface area contributed by atoms with E-state index in [2.05, 4.69) is 84.3 Å². The first-order valence-electron chi connectivity index (χ1n) is 12.3. The lowest BCUT2D eigenvalue weighted by molar-refractivity contribution is 0.341. The largest absolute Gasteiger partial charge is 0.347 e. The third-order valence-corrected chi connectivity index (χ3v) is 7.12. The van der Waals surface area contributed by atoms with Gasteiger partial charge in [0.15, 0.2) is 0 Å². The zero-order valence-corrected chi connectivity index (χ0v) is 19.7. The molecule has 2 aromatic heterocycles. The summed E-state index contributed by atoms with van der Waals surface area (Å²) < 4.78 is 2.42. The van der Waals surface area contributed by atoms with E-state index in [9.17, 15) is 0 Å². The molecular weight excluding hydrogens is 392 g/mol. The summed E-state index contributed by atoms with van der Waals surface area (Å²) >= 11 is 0. The number of nitrogens with one attached hydrogen (secondary N) is 2. The molecule has 1 aliphatic rings. The fourth-order valence-corrected chi connectivity index (χ4v) is 5.02. The van der Waals surface area contributed by atoms with Crippen molar-refractivity contribution in [1.82, 2.24) is 19.9 Å². The fourth-order valence-electron chi connectivity index (χ4n) is 5.02. The van der Waals surface area contributed by atoms with E-state index >= 15 is 0 Å². The average molecular weight is 429 g/mol. The van der Waals surface area contributed by atoms with E-state index in [1.54, 1.807) is 0 Å². The first-order chi connectivity index (χ1) is 15.5. The van der Waals surface area contributed by atoms with E-state index in [0.29, 0.717) is 0 Å². The average Bonchev–Trinajstić information content (AvgIpc) is 3.40.